The third-order valence-electron chi connectivity index (χ3n) is 4.87. The smallest absolute Gasteiger partial charge is 0.245 e. The summed E-state index contributed by atoms with van der Waals surface area (Å²) in [6.07, 6.45) is 1.43. The molecular formula is C20H21N3O3S. The number of hydrogen-bond donors (Lipinski definition) is 0. The monoisotopic (exact) mass is 383 g/mol. The molecule has 2 heterocycles. The van der Waals surface area contributed by atoms with Crippen LogP contribution < -0.4 is 0 Å². The summed E-state index contributed by atoms with van der Waals surface area (Å²) in [6.45, 7) is 4.39. The van der Waals surface area contributed by atoms with E-state index in [1.165, 1.54) is 4.31 Å². The molecule has 1 aliphatic rings. The SMILES string of the molecule is Cc1ccc(-c2noc([C@H]3CCCN3S(=O)(=O)c3ccc(C)cc3)n2)cc1. The summed E-state index contributed by atoms with van der Waals surface area (Å²) in [5.74, 6) is 0.823. The van der Waals surface area contributed by atoms with Crippen LogP contribution in [0.1, 0.15) is 35.9 Å². The molecule has 140 valence electrons. The number of aromatic nitrogens is 2. The highest BCUT2D eigenvalue weighted by atomic mass is 32.2. The fraction of sp³-hybridized carbons (Fsp3) is 0.300. The molecule has 0 radical (unpaired) electrons. The summed E-state index contributed by atoms with van der Waals surface area (Å²) >= 11 is 0. The van der Waals surface area contributed by atoms with Crippen LogP contribution >= 0.6 is 0 Å². The second-order valence-corrected chi connectivity index (χ2v) is 8.80. The molecular weight excluding hydrogens is 362 g/mol. The van der Waals surface area contributed by atoms with Crippen molar-refractivity contribution in [2.24, 2.45) is 0 Å². The molecule has 0 unspecified atom stereocenters. The van der Waals surface area contributed by atoms with Crippen molar-refractivity contribution in [3.05, 3.63) is 65.5 Å². The average molecular weight is 383 g/mol. The minimum atomic E-state index is -3.61. The van der Waals surface area contributed by atoms with Gasteiger partial charge in [-0.15, -0.1) is 0 Å². The Balaban J connectivity index is 1.64. The molecule has 7 heteroatoms. The summed E-state index contributed by atoms with van der Waals surface area (Å²) in [4.78, 5) is 4.77. The number of aryl methyl sites for hydroxylation is 2. The number of rotatable bonds is 4. The first-order chi connectivity index (χ1) is 12.9. The van der Waals surface area contributed by atoms with Gasteiger partial charge in [0, 0.05) is 12.1 Å². The zero-order valence-corrected chi connectivity index (χ0v) is 16.1. The molecule has 0 bridgehead atoms. The van der Waals surface area contributed by atoms with Crippen LogP contribution in [0, 0.1) is 13.8 Å². The van der Waals surface area contributed by atoms with Crippen molar-refractivity contribution < 1.29 is 12.9 Å². The van der Waals surface area contributed by atoms with E-state index in [2.05, 4.69) is 10.1 Å². The molecule has 0 N–H and O–H groups in total. The molecule has 27 heavy (non-hydrogen) atoms. The highest BCUT2D eigenvalue weighted by molar-refractivity contribution is 7.89. The van der Waals surface area contributed by atoms with Crippen molar-refractivity contribution in [2.45, 2.75) is 37.6 Å². The van der Waals surface area contributed by atoms with Gasteiger partial charge in [-0.05, 0) is 38.8 Å². The summed E-state index contributed by atoms with van der Waals surface area (Å²) in [5.41, 5.74) is 3.02. The lowest BCUT2D eigenvalue weighted by atomic mass is 10.1. The van der Waals surface area contributed by atoms with Gasteiger partial charge in [0.2, 0.25) is 21.7 Å². The standard InChI is InChI=1S/C20H21N3O3S/c1-14-5-9-16(10-6-14)19-21-20(26-22-19)18-4-3-13-23(18)27(24,25)17-11-7-15(2)8-12-17/h5-12,18H,3-4,13H2,1-2H3/t18-/m1/s1. The van der Waals surface area contributed by atoms with Crippen molar-refractivity contribution in [3.8, 4) is 11.4 Å². The molecule has 0 spiro atoms. The van der Waals surface area contributed by atoms with E-state index in [-0.39, 0.29) is 0 Å². The predicted octanol–water partition coefficient (Wildman–Crippen LogP) is 3.88. The van der Waals surface area contributed by atoms with E-state index in [1.54, 1.807) is 24.3 Å². The molecule has 0 aliphatic carbocycles. The number of nitrogens with zero attached hydrogens (tertiary/aromatic N) is 3. The zero-order chi connectivity index (χ0) is 19.0. The van der Waals surface area contributed by atoms with Crippen molar-refractivity contribution in [2.75, 3.05) is 6.54 Å². The van der Waals surface area contributed by atoms with Crippen molar-refractivity contribution >= 4 is 10.0 Å². The molecule has 1 saturated heterocycles. The Kier molecular flexibility index (Phi) is 4.57. The van der Waals surface area contributed by atoms with Crippen LogP contribution in [0.25, 0.3) is 11.4 Å². The molecule has 0 amide bonds. The number of benzene rings is 2. The summed E-state index contributed by atoms with van der Waals surface area (Å²) in [6, 6.07) is 14.3. The quantitative estimate of drug-likeness (QED) is 0.683. The highest BCUT2D eigenvalue weighted by Crippen LogP contribution is 2.36. The van der Waals surface area contributed by atoms with Gasteiger partial charge in [0.15, 0.2) is 0 Å². The highest BCUT2D eigenvalue weighted by Gasteiger charge is 2.39. The third-order valence-corrected chi connectivity index (χ3v) is 6.79. The first-order valence-corrected chi connectivity index (χ1v) is 10.4. The minimum Gasteiger partial charge on any atom is -0.337 e. The number of sulfonamides is 1. The van der Waals surface area contributed by atoms with Crippen LogP contribution in [0.2, 0.25) is 0 Å². The lowest BCUT2D eigenvalue weighted by Gasteiger charge is -2.21. The van der Waals surface area contributed by atoms with E-state index in [0.717, 1.165) is 23.1 Å². The maximum Gasteiger partial charge on any atom is 0.245 e. The first kappa shape index (κ1) is 17.9. The Bertz CT molecular complexity index is 1040. The van der Waals surface area contributed by atoms with E-state index in [0.29, 0.717) is 29.6 Å². The summed E-state index contributed by atoms with van der Waals surface area (Å²) in [5, 5.41) is 4.05. The van der Waals surface area contributed by atoms with Gasteiger partial charge in [-0.1, -0.05) is 52.7 Å². The van der Waals surface area contributed by atoms with Crippen molar-refractivity contribution in [3.63, 3.8) is 0 Å². The molecule has 1 fully saturated rings. The van der Waals surface area contributed by atoms with Crippen LogP contribution in [0.15, 0.2) is 57.9 Å². The number of hydrogen-bond acceptors (Lipinski definition) is 5. The fourth-order valence-corrected chi connectivity index (χ4v) is 4.96. The van der Waals surface area contributed by atoms with E-state index < -0.39 is 16.1 Å². The lowest BCUT2D eigenvalue weighted by Crippen LogP contribution is -2.30. The molecule has 3 aromatic rings. The molecule has 0 saturated carbocycles. The average Bonchev–Trinajstić information content (AvgIpc) is 3.32. The normalized spacial score (nSPS) is 18.1. The van der Waals surface area contributed by atoms with Gasteiger partial charge in [0.05, 0.1) is 4.90 Å². The van der Waals surface area contributed by atoms with Crippen LogP contribution in [0.5, 0.6) is 0 Å². The van der Waals surface area contributed by atoms with Crippen LogP contribution in [-0.4, -0.2) is 29.4 Å². The fourth-order valence-electron chi connectivity index (χ4n) is 3.31. The Morgan fingerprint density at radius 2 is 1.63 bits per heavy atom. The second kappa shape index (κ2) is 6.90. The zero-order valence-electron chi connectivity index (χ0n) is 15.3. The van der Waals surface area contributed by atoms with Crippen molar-refractivity contribution in [1.29, 1.82) is 0 Å². The predicted molar refractivity (Wildman–Crippen MR) is 102 cm³/mol. The maximum absolute atomic E-state index is 13.1. The van der Waals surface area contributed by atoms with Crippen LogP contribution in [0.3, 0.4) is 0 Å². The van der Waals surface area contributed by atoms with Gasteiger partial charge in [-0.3, -0.25) is 0 Å². The molecule has 4 rings (SSSR count). The van der Waals surface area contributed by atoms with Gasteiger partial charge < -0.3 is 4.52 Å². The summed E-state index contributed by atoms with van der Waals surface area (Å²) < 4.78 is 33.1. The van der Waals surface area contributed by atoms with Crippen LogP contribution in [-0.2, 0) is 10.0 Å². The van der Waals surface area contributed by atoms with Gasteiger partial charge in [-0.25, -0.2) is 8.42 Å². The Morgan fingerprint density at radius 1 is 1.00 bits per heavy atom. The molecule has 2 aromatic carbocycles. The Morgan fingerprint density at radius 3 is 2.30 bits per heavy atom. The van der Waals surface area contributed by atoms with Crippen LogP contribution in [0.4, 0.5) is 0 Å². The summed E-state index contributed by atoms with van der Waals surface area (Å²) in [7, 11) is -3.61. The van der Waals surface area contributed by atoms with E-state index >= 15 is 0 Å². The largest absolute Gasteiger partial charge is 0.337 e. The molecule has 1 aromatic heterocycles. The Hall–Kier alpha value is -2.51. The third kappa shape index (κ3) is 3.40. The molecule has 1 aliphatic heterocycles. The van der Waals surface area contributed by atoms with E-state index in [4.69, 9.17) is 4.52 Å². The van der Waals surface area contributed by atoms with Gasteiger partial charge in [-0.2, -0.15) is 9.29 Å². The van der Waals surface area contributed by atoms with Gasteiger partial charge in [0.1, 0.15) is 6.04 Å². The van der Waals surface area contributed by atoms with E-state index in [9.17, 15) is 8.42 Å². The minimum absolute atomic E-state index is 0.290. The van der Waals surface area contributed by atoms with Gasteiger partial charge >= 0.3 is 0 Å². The lowest BCUT2D eigenvalue weighted by molar-refractivity contribution is 0.290. The van der Waals surface area contributed by atoms with E-state index in [1.807, 2.05) is 38.1 Å². The first-order valence-electron chi connectivity index (χ1n) is 8.94. The second-order valence-electron chi connectivity index (χ2n) is 6.91. The topological polar surface area (TPSA) is 76.3 Å². The van der Waals surface area contributed by atoms with Gasteiger partial charge in [0.25, 0.3) is 0 Å². The molecule has 6 nitrogen and oxygen atoms in total. The Labute approximate surface area is 158 Å². The van der Waals surface area contributed by atoms with Crippen molar-refractivity contribution in [1.82, 2.24) is 14.4 Å². The molecule has 1 atom stereocenters. The maximum atomic E-state index is 13.1.